The van der Waals surface area contributed by atoms with E-state index in [0.29, 0.717) is 49.8 Å². The number of allylic oxidation sites excluding steroid dienone is 1. The average molecular weight is 604 g/mol. The zero-order valence-corrected chi connectivity index (χ0v) is 24.9. The van der Waals surface area contributed by atoms with Gasteiger partial charge in [-0.1, -0.05) is 54.6 Å². The van der Waals surface area contributed by atoms with Crippen molar-refractivity contribution in [3.05, 3.63) is 107 Å². The number of carbonyl (C=O) groups is 2. The summed E-state index contributed by atoms with van der Waals surface area (Å²) in [6.07, 6.45) is 1.87. The van der Waals surface area contributed by atoms with E-state index in [2.05, 4.69) is 10.6 Å². The summed E-state index contributed by atoms with van der Waals surface area (Å²) >= 11 is 0. The molecule has 10 heteroatoms. The number of nitrogens with one attached hydrogen (secondary N) is 2. The number of carbonyl (C=O) groups excluding carboxylic acids is 2. The molecule has 234 valence electrons. The first-order valence-electron chi connectivity index (χ1n) is 14.8. The predicted octanol–water partition coefficient (Wildman–Crippen LogP) is 4.23. The third-order valence-electron chi connectivity index (χ3n) is 7.21. The second-order valence-electron chi connectivity index (χ2n) is 10.2. The van der Waals surface area contributed by atoms with Crippen molar-refractivity contribution < 1.29 is 33.6 Å². The number of hydrogen-bond donors (Lipinski definition) is 4. The summed E-state index contributed by atoms with van der Waals surface area (Å²) in [5, 5.41) is 14.6. The number of rotatable bonds is 16. The van der Waals surface area contributed by atoms with Crippen LogP contribution in [0.5, 0.6) is 0 Å². The van der Waals surface area contributed by atoms with Crippen molar-refractivity contribution in [1.82, 2.24) is 5.32 Å². The number of para-hydroxylation sites is 2. The first-order valence-corrected chi connectivity index (χ1v) is 14.8. The van der Waals surface area contributed by atoms with Crippen LogP contribution in [0.25, 0.3) is 0 Å². The molecular formula is C34H41N3O7. The fourth-order valence-electron chi connectivity index (χ4n) is 4.95. The SMILES string of the molecule is CCO[C@H]1OC(C(=O)NCc2ccc(C(=O)Nc3ccccc3N)cc2)=C[C@@H](c2ccccc2)[C@@H]1CCOCCOCCO. The Morgan fingerprint density at radius 3 is 2.30 bits per heavy atom. The Balaban J connectivity index is 1.39. The van der Waals surface area contributed by atoms with Gasteiger partial charge < -0.3 is 40.4 Å². The van der Waals surface area contributed by atoms with Crippen molar-refractivity contribution in [2.24, 2.45) is 5.92 Å². The molecule has 3 aromatic rings. The molecule has 1 heterocycles. The van der Waals surface area contributed by atoms with E-state index in [9.17, 15) is 9.59 Å². The van der Waals surface area contributed by atoms with E-state index in [1.54, 1.807) is 48.5 Å². The quantitative estimate of drug-likeness (QED) is 0.141. The Kier molecular flexibility index (Phi) is 12.8. The van der Waals surface area contributed by atoms with Gasteiger partial charge in [0.15, 0.2) is 5.76 Å². The molecule has 0 unspecified atom stereocenters. The van der Waals surface area contributed by atoms with Gasteiger partial charge in [-0.2, -0.15) is 0 Å². The fraction of sp³-hybridized carbons (Fsp3) is 0.353. The van der Waals surface area contributed by atoms with Gasteiger partial charge >= 0.3 is 0 Å². The number of anilines is 2. The monoisotopic (exact) mass is 603 g/mol. The molecular weight excluding hydrogens is 562 g/mol. The minimum absolute atomic E-state index is 0.0209. The number of nitrogens with two attached hydrogens (primary N) is 1. The Morgan fingerprint density at radius 1 is 0.886 bits per heavy atom. The molecule has 0 aliphatic carbocycles. The van der Waals surface area contributed by atoms with Crippen LogP contribution in [0.1, 0.15) is 40.7 Å². The molecule has 3 atom stereocenters. The van der Waals surface area contributed by atoms with Crippen molar-refractivity contribution in [2.75, 3.05) is 50.7 Å². The number of aliphatic hydroxyl groups excluding tert-OH is 1. The number of aliphatic hydroxyl groups is 1. The van der Waals surface area contributed by atoms with Crippen LogP contribution in [-0.4, -0.2) is 62.9 Å². The maximum Gasteiger partial charge on any atom is 0.286 e. The van der Waals surface area contributed by atoms with Crippen LogP contribution in [0.3, 0.4) is 0 Å². The number of ether oxygens (including phenoxy) is 4. The Morgan fingerprint density at radius 2 is 1.59 bits per heavy atom. The largest absolute Gasteiger partial charge is 0.459 e. The van der Waals surface area contributed by atoms with Gasteiger partial charge in [0.2, 0.25) is 6.29 Å². The second kappa shape index (κ2) is 17.2. The van der Waals surface area contributed by atoms with Gasteiger partial charge in [0.05, 0.1) is 37.8 Å². The number of hydrogen-bond acceptors (Lipinski definition) is 8. The normalized spacial score (nSPS) is 17.8. The van der Waals surface area contributed by atoms with Crippen LogP contribution in [0, 0.1) is 5.92 Å². The second-order valence-corrected chi connectivity index (χ2v) is 10.2. The van der Waals surface area contributed by atoms with Gasteiger partial charge in [-0.15, -0.1) is 0 Å². The molecule has 44 heavy (non-hydrogen) atoms. The summed E-state index contributed by atoms with van der Waals surface area (Å²) in [5.74, 6) is -0.649. The Hall–Kier alpha value is -4.22. The summed E-state index contributed by atoms with van der Waals surface area (Å²) < 4.78 is 23.1. The van der Waals surface area contributed by atoms with E-state index in [-0.39, 0.29) is 49.2 Å². The molecule has 1 aliphatic heterocycles. The molecule has 2 amide bonds. The van der Waals surface area contributed by atoms with Crippen LogP contribution in [0.15, 0.2) is 90.7 Å². The van der Waals surface area contributed by atoms with Crippen molar-refractivity contribution in [1.29, 1.82) is 0 Å². The lowest BCUT2D eigenvalue weighted by molar-refractivity contribution is -0.168. The van der Waals surface area contributed by atoms with Crippen LogP contribution < -0.4 is 16.4 Å². The van der Waals surface area contributed by atoms with Crippen molar-refractivity contribution in [3.8, 4) is 0 Å². The molecule has 10 nitrogen and oxygen atoms in total. The van der Waals surface area contributed by atoms with Crippen molar-refractivity contribution in [3.63, 3.8) is 0 Å². The minimum atomic E-state index is -0.637. The highest BCUT2D eigenvalue weighted by Crippen LogP contribution is 2.38. The van der Waals surface area contributed by atoms with Gasteiger partial charge in [-0.25, -0.2) is 0 Å². The molecule has 5 N–H and O–H groups in total. The summed E-state index contributed by atoms with van der Waals surface area (Å²) in [6.45, 7) is 4.11. The lowest BCUT2D eigenvalue weighted by Crippen LogP contribution is -2.39. The summed E-state index contributed by atoms with van der Waals surface area (Å²) in [6, 6.07) is 24.0. The van der Waals surface area contributed by atoms with Crippen LogP contribution in [-0.2, 0) is 30.3 Å². The Labute approximate surface area is 258 Å². The number of benzene rings is 3. The van der Waals surface area contributed by atoms with E-state index >= 15 is 0 Å². The van der Waals surface area contributed by atoms with E-state index in [1.165, 1.54) is 0 Å². The number of nitrogen functional groups attached to an aromatic ring is 1. The van der Waals surface area contributed by atoms with Crippen LogP contribution >= 0.6 is 0 Å². The van der Waals surface area contributed by atoms with Crippen LogP contribution in [0.2, 0.25) is 0 Å². The van der Waals surface area contributed by atoms with E-state index in [1.807, 2.05) is 43.3 Å². The first kappa shape index (κ1) is 32.7. The van der Waals surface area contributed by atoms with Gasteiger partial charge in [-0.05, 0) is 54.8 Å². The molecule has 1 aliphatic rings. The molecule has 0 spiro atoms. The zero-order valence-electron chi connectivity index (χ0n) is 24.9. The van der Waals surface area contributed by atoms with E-state index in [4.69, 9.17) is 29.8 Å². The first-order chi connectivity index (χ1) is 21.5. The standard InChI is InChI=1S/C34H41N3O7/c1-2-43-34-27(16-18-41-20-21-42-19-17-38)28(25-8-4-3-5-9-25)22-31(44-34)33(40)36-23-24-12-14-26(15-13-24)32(39)37-30-11-7-6-10-29(30)35/h3-15,22,27-28,34,38H,2,16-21,23,35H2,1H3,(H,36,40)(H,37,39)/t27-,28-,34-/m0/s1. The lowest BCUT2D eigenvalue weighted by atomic mass is 9.81. The van der Waals surface area contributed by atoms with E-state index < -0.39 is 6.29 Å². The van der Waals surface area contributed by atoms with Crippen molar-refractivity contribution >= 4 is 23.2 Å². The molecule has 0 saturated carbocycles. The summed E-state index contributed by atoms with van der Waals surface area (Å²) in [7, 11) is 0. The van der Waals surface area contributed by atoms with Gasteiger partial charge in [-0.3, -0.25) is 9.59 Å². The molecule has 0 bridgehead atoms. The molecule has 3 aromatic carbocycles. The predicted molar refractivity (Wildman–Crippen MR) is 168 cm³/mol. The third kappa shape index (κ3) is 9.39. The van der Waals surface area contributed by atoms with Crippen LogP contribution in [0.4, 0.5) is 11.4 Å². The van der Waals surface area contributed by atoms with Crippen molar-refractivity contribution in [2.45, 2.75) is 32.1 Å². The summed E-state index contributed by atoms with van der Waals surface area (Å²) in [4.78, 5) is 26.0. The molecule has 0 fully saturated rings. The molecule has 0 aromatic heterocycles. The lowest BCUT2D eigenvalue weighted by Gasteiger charge is -2.37. The van der Waals surface area contributed by atoms with Gasteiger partial charge in [0.1, 0.15) is 0 Å². The Bertz CT molecular complexity index is 1360. The van der Waals surface area contributed by atoms with Gasteiger partial charge in [0.25, 0.3) is 11.8 Å². The van der Waals surface area contributed by atoms with Gasteiger partial charge in [0, 0.05) is 37.2 Å². The molecule has 0 radical (unpaired) electrons. The number of amides is 2. The topological polar surface area (TPSA) is 141 Å². The maximum absolute atomic E-state index is 13.3. The maximum atomic E-state index is 13.3. The molecule has 4 rings (SSSR count). The van der Waals surface area contributed by atoms with E-state index in [0.717, 1.165) is 11.1 Å². The average Bonchev–Trinajstić information content (AvgIpc) is 3.05. The zero-order chi connectivity index (χ0) is 31.1. The fourth-order valence-corrected chi connectivity index (χ4v) is 4.95. The highest BCUT2D eigenvalue weighted by atomic mass is 16.7. The third-order valence-corrected chi connectivity index (χ3v) is 7.21. The minimum Gasteiger partial charge on any atom is -0.459 e. The molecule has 0 saturated heterocycles. The smallest absolute Gasteiger partial charge is 0.286 e. The summed E-state index contributed by atoms with van der Waals surface area (Å²) in [5.41, 5.74) is 9.31. The highest BCUT2D eigenvalue weighted by Gasteiger charge is 2.38. The highest BCUT2D eigenvalue weighted by molar-refractivity contribution is 6.05.